The highest BCUT2D eigenvalue weighted by molar-refractivity contribution is 6.04. The van der Waals surface area contributed by atoms with E-state index in [1.807, 2.05) is 24.3 Å². The van der Waals surface area contributed by atoms with Crippen molar-refractivity contribution < 1.29 is 9.18 Å². The van der Waals surface area contributed by atoms with Gasteiger partial charge in [0.1, 0.15) is 5.82 Å². The van der Waals surface area contributed by atoms with Crippen LogP contribution in [0.5, 0.6) is 0 Å². The largest absolute Gasteiger partial charge is 0.322 e. The van der Waals surface area contributed by atoms with Crippen LogP contribution >= 0.6 is 0 Å². The predicted molar refractivity (Wildman–Crippen MR) is 94.5 cm³/mol. The van der Waals surface area contributed by atoms with Crippen LogP contribution in [0.3, 0.4) is 0 Å². The molecule has 1 saturated heterocycles. The number of anilines is 1. The molecule has 0 unspecified atom stereocenters. The summed E-state index contributed by atoms with van der Waals surface area (Å²) < 4.78 is 13.2. The molecular weight excluding hydrogens is 303 g/mol. The van der Waals surface area contributed by atoms with Crippen LogP contribution in [0.4, 0.5) is 10.1 Å². The van der Waals surface area contributed by atoms with Gasteiger partial charge in [-0.15, -0.1) is 0 Å². The highest BCUT2D eigenvalue weighted by Gasteiger charge is 2.15. The fourth-order valence-electron chi connectivity index (χ4n) is 3.01. The normalized spacial score (nSPS) is 16.1. The van der Waals surface area contributed by atoms with E-state index in [2.05, 4.69) is 17.1 Å². The number of benzene rings is 2. The van der Waals surface area contributed by atoms with Crippen LogP contribution in [0.15, 0.2) is 48.5 Å². The van der Waals surface area contributed by atoms with Crippen LogP contribution in [0.2, 0.25) is 0 Å². The molecule has 0 aliphatic carbocycles. The molecule has 126 valence electrons. The first kappa shape index (κ1) is 16.7. The van der Waals surface area contributed by atoms with Crippen LogP contribution < -0.4 is 5.32 Å². The van der Waals surface area contributed by atoms with E-state index in [0.29, 0.717) is 11.3 Å². The van der Waals surface area contributed by atoms with Gasteiger partial charge in [0.05, 0.1) is 0 Å². The van der Waals surface area contributed by atoms with Crippen LogP contribution in [-0.2, 0) is 6.54 Å². The Morgan fingerprint density at radius 2 is 1.88 bits per heavy atom. The molecule has 2 aromatic rings. The van der Waals surface area contributed by atoms with E-state index in [9.17, 15) is 9.18 Å². The Balaban J connectivity index is 1.58. The number of piperidine rings is 1. The number of nitrogens with one attached hydrogen (secondary N) is 1. The zero-order valence-electron chi connectivity index (χ0n) is 14.0. The molecule has 1 heterocycles. The molecule has 0 saturated carbocycles. The molecule has 1 N–H and O–H groups in total. The van der Waals surface area contributed by atoms with Crippen molar-refractivity contribution in [3.05, 3.63) is 65.5 Å². The maximum Gasteiger partial charge on any atom is 0.255 e. The van der Waals surface area contributed by atoms with Gasteiger partial charge in [0.25, 0.3) is 5.91 Å². The first-order chi connectivity index (χ1) is 11.6. The Morgan fingerprint density at radius 3 is 2.54 bits per heavy atom. The number of carbonyl (C=O) groups excluding carboxylic acids is 1. The summed E-state index contributed by atoms with van der Waals surface area (Å²) in [4.78, 5) is 14.7. The number of hydrogen-bond donors (Lipinski definition) is 1. The van der Waals surface area contributed by atoms with Gasteiger partial charge < -0.3 is 5.32 Å². The lowest BCUT2D eigenvalue weighted by Crippen LogP contribution is -2.32. The van der Waals surface area contributed by atoms with Gasteiger partial charge in [-0.25, -0.2) is 4.39 Å². The monoisotopic (exact) mass is 326 g/mol. The van der Waals surface area contributed by atoms with Crippen LogP contribution in [0.25, 0.3) is 0 Å². The molecule has 1 amide bonds. The van der Waals surface area contributed by atoms with E-state index in [4.69, 9.17) is 0 Å². The number of hydrogen-bond acceptors (Lipinski definition) is 2. The average Bonchev–Trinajstić information content (AvgIpc) is 2.57. The van der Waals surface area contributed by atoms with Crippen LogP contribution in [-0.4, -0.2) is 23.9 Å². The van der Waals surface area contributed by atoms with Gasteiger partial charge in [0.15, 0.2) is 0 Å². The Kier molecular flexibility index (Phi) is 5.26. The van der Waals surface area contributed by atoms with Crippen molar-refractivity contribution in [3.63, 3.8) is 0 Å². The molecule has 0 radical (unpaired) electrons. The van der Waals surface area contributed by atoms with Gasteiger partial charge >= 0.3 is 0 Å². The molecule has 1 aliphatic rings. The summed E-state index contributed by atoms with van der Waals surface area (Å²) >= 11 is 0. The van der Waals surface area contributed by atoms with Gasteiger partial charge in [0, 0.05) is 17.8 Å². The SMILES string of the molecule is CC1CCN(Cc2ccc(C(=O)Nc3cccc(F)c3)cc2)CC1. The third-order valence-electron chi connectivity index (χ3n) is 4.58. The van der Waals surface area contributed by atoms with Gasteiger partial charge in [-0.05, 0) is 67.7 Å². The predicted octanol–water partition coefficient (Wildman–Crippen LogP) is 4.31. The number of carbonyl (C=O) groups is 1. The smallest absolute Gasteiger partial charge is 0.255 e. The van der Waals surface area contributed by atoms with E-state index in [0.717, 1.165) is 25.6 Å². The summed E-state index contributed by atoms with van der Waals surface area (Å²) in [5.74, 6) is 0.244. The quantitative estimate of drug-likeness (QED) is 0.908. The summed E-state index contributed by atoms with van der Waals surface area (Å²) in [7, 11) is 0. The topological polar surface area (TPSA) is 32.3 Å². The molecule has 0 aromatic heterocycles. The summed E-state index contributed by atoms with van der Waals surface area (Å²) in [6, 6.07) is 13.6. The molecule has 0 spiro atoms. The maximum absolute atomic E-state index is 13.2. The van der Waals surface area contributed by atoms with Crippen molar-refractivity contribution in [1.29, 1.82) is 0 Å². The zero-order valence-corrected chi connectivity index (χ0v) is 14.0. The van der Waals surface area contributed by atoms with Crippen molar-refractivity contribution in [2.24, 2.45) is 5.92 Å². The summed E-state index contributed by atoms with van der Waals surface area (Å²) in [6.45, 7) is 5.52. The number of rotatable bonds is 4. The van der Waals surface area contributed by atoms with Gasteiger partial charge in [-0.2, -0.15) is 0 Å². The summed E-state index contributed by atoms with van der Waals surface area (Å²) in [5, 5.41) is 2.72. The lowest BCUT2D eigenvalue weighted by atomic mass is 9.99. The average molecular weight is 326 g/mol. The van der Waals surface area contributed by atoms with E-state index in [1.165, 1.54) is 30.5 Å². The van der Waals surface area contributed by atoms with Gasteiger partial charge in [-0.3, -0.25) is 9.69 Å². The zero-order chi connectivity index (χ0) is 16.9. The number of likely N-dealkylation sites (tertiary alicyclic amines) is 1. The molecule has 1 aliphatic heterocycles. The molecule has 1 fully saturated rings. The first-order valence-electron chi connectivity index (χ1n) is 8.48. The third-order valence-corrected chi connectivity index (χ3v) is 4.58. The molecule has 24 heavy (non-hydrogen) atoms. The Bertz CT molecular complexity index is 691. The van der Waals surface area contributed by atoms with Gasteiger partial charge in [0.2, 0.25) is 0 Å². The highest BCUT2D eigenvalue weighted by atomic mass is 19.1. The minimum atomic E-state index is -0.362. The Labute approximate surface area is 142 Å². The standard InChI is InChI=1S/C20H23FN2O/c1-15-9-11-23(12-10-15)14-16-5-7-17(8-6-16)20(24)22-19-4-2-3-18(21)13-19/h2-8,13,15H,9-12,14H2,1H3,(H,22,24). The third kappa shape index (κ3) is 4.42. The lowest BCUT2D eigenvalue weighted by molar-refractivity contribution is 0.102. The second-order valence-corrected chi connectivity index (χ2v) is 6.62. The molecule has 3 rings (SSSR count). The Hall–Kier alpha value is -2.20. The lowest BCUT2D eigenvalue weighted by Gasteiger charge is -2.30. The number of nitrogens with zero attached hydrogens (tertiary/aromatic N) is 1. The first-order valence-corrected chi connectivity index (χ1v) is 8.48. The van der Waals surface area contributed by atoms with E-state index in [-0.39, 0.29) is 11.7 Å². The molecule has 4 heteroatoms. The van der Waals surface area contributed by atoms with Crippen LogP contribution in [0.1, 0.15) is 35.7 Å². The van der Waals surface area contributed by atoms with Crippen molar-refractivity contribution >= 4 is 11.6 Å². The minimum Gasteiger partial charge on any atom is -0.322 e. The second-order valence-electron chi connectivity index (χ2n) is 6.62. The number of halogens is 1. The van der Waals surface area contributed by atoms with Crippen LogP contribution in [0, 0.1) is 11.7 Å². The molecule has 2 aromatic carbocycles. The minimum absolute atomic E-state index is 0.223. The van der Waals surface area contributed by atoms with Crippen molar-refractivity contribution in [3.8, 4) is 0 Å². The second kappa shape index (κ2) is 7.58. The molecule has 0 bridgehead atoms. The fourth-order valence-corrected chi connectivity index (χ4v) is 3.01. The molecule has 0 atom stereocenters. The van der Waals surface area contributed by atoms with Gasteiger partial charge in [-0.1, -0.05) is 25.1 Å². The highest BCUT2D eigenvalue weighted by Crippen LogP contribution is 2.18. The van der Waals surface area contributed by atoms with Crippen molar-refractivity contribution in [1.82, 2.24) is 4.90 Å². The van der Waals surface area contributed by atoms with E-state index < -0.39 is 0 Å². The maximum atomic E-state index is 13.2. The summed E-state index contributed by atoms with van der Waals surface area (Å²) in [5.41, 5.74) is 2.26. The van der Waals surface area contributed by atoms with E-state index >= 15 is 0 Å². The molecular formula is C20H23FN2O. The summed E-state index contributed by atoms with van der Waals surface area (Å²) in [6.07, 6.45) is 2.52. The number of amides is 1. The fraction of sp³-hybridized carbons (Fsp3) is 0.350. The van der Waals surface area contributed by atoms with Crippen molar-refractivity contribution in [2.75, 3.05) is 18.4 Å². The van der Waals surface area contributed by atoms with E-state index in [1.54, 1.807) is 12.1 Å². The Morgan fingerprint density at radius 1 is 1.17 bits per heavy atom. The van der Waals surface area contributed by atoms with Crippen molar-refractivity contribution in [2.45, 2.75) is 26.3 Å². The molecule has 3 nitrogen and oxygen atoms in total.